The number of likely N-dealkylation sites (tertiary alicyclic amines) is 1. The molecule has 1 aliphatic heterocycles. The fraction of sp³-hybridized carbons (Fsp3) is 0.933. The van der Waals surface area contributed by atoms with Crippen LogP contribution in [0.25, 0.3) is 0 Å². The van der Waals surface area contributed by atoms with E-state index in [1.54, 1.807) is 0 Å². The molecule has 1 aliphatic carbocycles. The van der Waals surface area contributed by atoms with Gasteiger partial charge in [0.2, 0.25) is 0 Å². The van der Waals surface area contributed by atoms with E-state index >= 15 is 0 Å². The van der Waals surface area contributed by atoms with Crippen LogP contribution in [0.3, 0.4) is 0 Å². The molecule has 1 heterocycles. The van der Waals surface area contributed by atoms with Gasteiger partial charge in [-0.2, -0.15) is 5.26 Å². The zero-order valence-electron chi connectivity index (χ0n) is 11.9. The fourth-order valence-corrected chi connectivity index (χ4v) is 2.95. The first-order valence-corrected chi connectivity index (χ1v) is 7.57. The molecule has 1 saturated carbocycles. The summed E-state index contributed by atoms with van der Waals surface area (Å²) < 4.78 is 0. The van der Waals surface area contributed by atoms with Crippen LogP contribution in [-0.4, -0.2) is 36.6 Å². The second-order valence-corrected chi connectivity index (χ2v) is 6.36. The van der Waals surface area contributed by atoms with Crippen molar-refractivity contribution in [1.29, 1.82) is 5.26 Å². The van der Waals surface area contributed by atoms with Gasteiger partial charge in [-0.15, -0.1) is 0 Å². The van der Waals surface area contributed by atoms with E-state index < -0.39 is 0 Å². The third-order valence-electron chi connectivity index (χ3n) is 4.42. The van der Waals surface area contributed by atoms with E-state index in [2.05, 4.69) is 30.1 Å². The van der Waals surface area contributed by atoms with Gasteiger partial charge >= 0.3 is 0 Å². The first-order valence-electron chi connectivity index (χ1n) is 7.57. The fourth-order valence-electron chi connectivity index (χ4n) is 2.95. The summed E-state index contributed by atoms with van der Waals surface area (Å²) in [5.74, 6) is 1.69. The van der Waals surface area contributed by atoms with Crippen LogP contribution in [0.15, 0.2) is 0 Å². The molecule has 0 bridgehead atoms. The Morgan fingerprint density at radius 2 is 2.00 bits per heavy atom. The van der Waals surface area contributed by atoms with Gasteiger partial charge in [0.1, 0.15) is 6.04 Å². The maximum Gasteiger partial charge on any atom is 0.108 e. The minimum atomic E-state index is 0.0353. The van der Waals surface area contributed by atoms with E-state index in [4.69, 9.17) is 0 Å². The number of nitrogens with zero attached hydrogens (tertiary/aromatic N) is 2. The number of hydrogen-bond donors (Lipinski definition) is 1. The molecule has 1 N–H and O–H groups in total. The lowest BCUT2D eigenvalue weighted by Crippen LogP contribution is -2.41. The highest BCUT2D eigenvalue weighted by Gasteiger charge is 2.26. The molecule has 2 aliphatic rings. The lowest BCUT2D eigenvalue weighted by atomic mass is 9.89. The van der Waals surface area contributed by atoms with E-state index in [1.807, 2.05) is 0 Å². The molecule has 0 aromatic carbocycles. The molecular formula is C15H27N3. The van der Waals surface area contributed by atoms with Crippen molar-refractivity contribution in [3.63, 3.8) is 0 Å². The van der Waals surface area contributed by atoms with Crippen LogP contribution in [0.5, 0.6) is 0 Å². The van der Waals surface area contributed by atoms with Crippen LogP contribution in [0, 0.1) is 23.2 Å². The van der Waals surface area contributed by atoms with Crippen molar-refractivity contribution in [2.45, 2.75) is 58.0 Å². The lowest BCUT2D eigenvalue weighted by molar-refractivity contribution is 0.257. The Balaban J connectivity index is 1.76. The topological polar surface area (TPSA) is 39.1 Å². The normalized spacial score (nSPS) is 27.8. The third kappa shape index (κ3) is 4.26. The molecule has 2 atom stereocenters. The Hall–Kier alpha value is -0.590. The largest absolute Gasteiger partial charge is 0.301 e. The second kappa shape index (κ2) is 6.54. The highest BCUT2D eigenvalue weighted by molar-refractivity contribution is 4.97. The summed E-state index contributed by atoms with van der Waals surface area (Å²) in [7, 11) is 0. The Labute approximate surface area is 112 Å². The summed E-state index contributed by atoms with van der Waals surface area (Å²) in [6.45, 7) is 7.94. The average Bonchev–Trinajstić information content (AvgIpc) is 3.15. The SMILES string of the molecule is CC(C)C1CCCN(CC(C#N)NC2CC2)CC1. The van der Waals surface area contributed by atoms with Gasteiger partial charge in [0.25, 0.3) is 0 Å². The standard InChI is InChI=1S/C15H27N3/c1-12(2)13-4-3-8-18(9-7-13)11-15(10-16)17-14-5-6-14/h12-15,17H,3-9,11H2,1-2H3. The van der Waals surface area contributed by atoms with Crippen LogP contribution in [0.4, 0.5) is 0 Å². The number of nitrogens with one attached hydrogen (secondary N) is 1. The van der Waals surface area contributed by atoms with Gasteiger partial charge in [-0.25, -0.2) is 0 Å². The summed E-state index contributed by atoms with van der Waals surface area (Å²) in [5.41, 5.74) is 0. The average molecular weight is 249 g/mol. The van der Waals surface area contributed by atoms with Crippen LogP contribution in [0.2, 0.25) is 0 Å². The highest BCUT2D eigenvalue weighted by Crippen LogP contribution is 2.25. The van der Waals surface area contributed by atoms with Crippen molar-refractivity contribution >= 4 is 0 Å². The quantitative estimate of drug-likeness (QED) is 0.813. The summed E-state index contributed by atoms with van der Waals surface area (Å²) in [6.07, 6.45) is 6.48. The van der Waals surface area contributed by atoms with Crippen LogP contribution < -0.4 is 5.32 Å². The van der Waals surface area contributed by atoms with Gasteiger partial charge in [0.05, 0.1) is 6.07 Å². The van der Waals surface area contributed by atoms with E-state index in [1.165, 1.54) is 45.2 Å². The smallest absolute Gasteiger partial charge is 0.108 e. The third-order valence-corrected chi connectivity index (χ3v) is 4.42. The van der Waals surface area contributed by atoms with Crippen molar-refractivity contribution in [2.24, 2.45) is 11.8 Å². The van der Waals surface area contributed by atoms with E-state index in [0.717, 1.165) is 18.4 Å². The predicted molar refractivity (Wildman–Crippen MR) is 74.2 cm³/mol. The zero-order valence-corrected chi connectivity index (χ0v) is 11.9. The molecule has 1 saturated heterocycles. The summed E-state index contributed by atoms with van der Waals surface area (Å²) in [4.78, 5) is 2.49. The Bertz CT molecular complexity index is 291. The number of nitriles is 1. The van der Waals surface area contributed by atoms with Crippen LogP contribution in [-0.2, 0) is 0 Å². The Morgan fingerprint density at radius 3 is 2.61 bits per heavy atom. The zero-order chi connectivity index (χ0) is 13.0. The molecular weight excluding hydrogens is 222 g/mol. The van der Waals surface area contributed by atoms with E-state index in [-0.39, 0.29) is 6.04 Å². The maximum absolute atomic E-state index is 9.20. The molecule has 0 aromatic heterocycles. The summed E-state index contributed by atoms with van der Waals surface area (Å²) in [6, 6.07) is 3.09. The van der Waals surface area contributed by atoms with Crippen molar-refractivity contribution < 1.29 is 0 Å². The molecule has 102 valence electrons. The van der Waals surface area contributed by atoms with Crippen molar-refractivity contribution in [3.8, 4) is 6.07 Å². The van der Waals surface area contributed by atoms with E-state index in [9.17, 15) is 5.26 Å². The Morgan fingerprint density at radius 1 is 1.22 bits per heavy atom. The minimum Gasteiger partial charge on any atom is -0.301 e. The molecule has 18 heavy (non-hydrogen) atoms. The molecule has 2 fully saturated rings. The monoisotopic (exact) mass is 249 g/mol. The van der Waals surface area contributed by atoms with Gasteiger partial charge in [-0.1, -0.05) is 13.8 Å². The van der Waals surface area contributed by atoms with Gasteiger partial charge in [-0.05, 0) is 57.0 Å². The number of rotatable bonds is 5. The lowest BCUT2D eigenvalue weighted by Gasteiger charge is -2.23. The van der Waals surface area contributed by atoms with E-state index in [0.29, 0.717) is 6.04 Å². The molecule has 0 amide bonds. The van der Waals surface area contributed by atoms with Gasteiger partial charge in [0, 0.05) is 12.6 Å². The minimum absolute atomic E-state index is 0.0353. The molecule has 0 aromatic rings. The molecule has 0 radical (unpaired) electrons. The molecule has 3 heteroatoms. The van der Waals surface area contributed by atoms with Crippen molar-refractivity contribution in [3.05, 3.63) is 0 Å². The van der Waals surface area contributed by atoms with Gasteiger partial charge in [-0.3, -0.25) is 5.32 Å². The van der Waals surface area contributed by atoms with Gasteiger partial charge < -0.3 is 4.90 Å². The molecule has 2 unspecified atom stereocenters. The predicted octanol–water partition coefficient (Wildman–Crippen LogP) is 2.39. The van der Waals surface area contributed by atoms with Gasteiger partial charge in [0.15, 0.2) is 0 Å². The maximum atomic E-state index is 9.20. The summed E-state index contributed by atoms with van der Waals surface area (Å²) >= 11 is 0. The second-order valence-electron chi connectivity index (χ2n) is 6.36. The molecule has 3 nitrogen and oxygen atoms in total. The first-order chi connectivity index (χ1) is 8.69. The number of hydrogen-bond acceptors (Lipinski definition) is 3. The van der Waals surface area contributed by atoms with Crippen LogP contribution >= 0.6 is 0 Å². The van der Waals surface area contributed by atoms with Crippen molar-refractivity contribution in [2.75, 3.05) is 19.6 Å². The molecule has 0 spiro atoms. The van der Waals surface area contributed by atoms with Crippen LogP contribution in [0.1, 0.15) is 46.0 Å². The van der Waals surface area contributed by atoms with Crippen molar-refractivity contribution in [1.82, 2.24) is 10.2 Å². The molecule has 2 rings (SSSR count). The highest BCUT2D eigenvalue weighted by atomic mass is 15.2. The Kier molecular flexibility index (Phi) is 5.03. The summed E-state index contributed by atoms with van der Waals surface area (Å²) in [5, 5.41) is 12.6. The first kappa shape index (κ1) is 13.8.